The van der Waals surface area contributed by atoms with Crippen LogP contribution in [0.2, 0.25) is 0 Å². The molecule has 0 saturated heterocycles. The first-order valence-electron chi connectivity index (χ1n) is 15.4. The number of carbonyl (C=O) groups is 4. The number of anilines is 1. The second kappa shape index (κ2) is 17.5. The van der Waals surface area contributed by atoms with Crippen LogP contribution in [-0.2, 0) is 11.2 Å². The Labute approximate surface area is 277 Å². The Balaban J connectivity index is 1.32. The lowest BCUT2D eigenvalue weighted by atomic mass is 10.0. The number of hydrogen-bond donors (Lipinski definition) is 3. The van der Waals surface area contributed by atoms with E-state index < -0.39 is 23.9 Å². The number of carbonyl (C=O) groups excluding carboxylic acids is 3. The SMILES string of the molecule is CCCCCCCOc1ccc(C(=O)Oc2ccc(CC(NC(=O)c3ccc(NC(=O)c4cccs4)cc3)C(=O)O)cc2OC)cc1. The molecule has 246 valence electrons. The Morgan fingerprint density at radius 3 is 2.21 bits per heavy atom. The highest BCUT2D eigenvalue weighted by molar-refractivity contribution is 7.12. The third kappa shape index (κ3) is 10.4. The fraction of sp³-hybridized carbons (Fsp3) is 0.278. The molecule has 0 bridgehead atoms. The van der Waals surface area contributed by atoms with E-state index in [-0.39, 0.29) is 29.4 Å². The van der Waals surface area contributed by atoms with E-state index in [1.54, 1.807) is 66.0 Å². The van der Waals surface area contributed by atoms with Gasteiger partial charge >= 0.3 is 11.9 Å². The Hall–Kier alpha value is -5.16. The summed E-state index contributed by atoms with van der Waals surface area (Å²) in [6.45, 7) is 2.80. The quantitative estimate of drug-likeness (QED) is 0.0626. The van der Waals surface area contributed by atoms with Gasteiger partial charge in [-0.1, -0.05) is 44.7 Å². The second-order valence-corrected chi connectivity index (χ2v) is 11.7. The van der Waals surface area contributed by atoms with Gasteiger partial charge in [-0.25, -0.2) is 9.59 Å². The van der Waals surface area contributed by atoms with Gasteiger partial charge in [0.25, 0.3) is 11.8 Å². The first kappa shape index (κ1) is 34.7. The van der Waals surface area contributed by atoms with E-state index in [0.29, 0.717) is 34.0 Å². The van der Waals surface area contributed by atoms with E-state index in [4.69, 9.17) is 14.2 Å². The number of hydrogen-bond acceptors (Lipinski definition) is 8. The molecular formula is C36H38N2O8S. The molecule has 0 radical (unpaired) electrons. The van der Waals surface area contributed by atoms with Crippen LogP contribution in [0, 0.1) is 0 Å². The predicted molar refractivity (Wildman–Crippen MR) is 180 cm³/mol. The molecule has 0 fully saturated rings. The standard InChI is InChI=1S/C36H38N2O8S/c1-3-4-5-6-7-20-45-28-17-13-26(14-18-28)36(43)46-30-19-10-24(23-31(30)44-2)22-29(35(41)42)38-33(39)25-11-15-27(16-12-25)37-34(40)32-9-8-21-47-32/h8-19,21,23,29H,3-7,20,22H2,1-2H3,(H,37,40)(H,38,39)(H,41,42). The van der Waals surface area contributed by atoms with E-state index in [1.807, 2.05) is 0 Å². The number of rotatable bonds is 17. The highest BCUT2D eigenvalue weighted by Gasteiger charge is 2.23. The molecule has 1 unspecified atom stereocenters. The van der Waals surface area contributed by atoms with Crippen molar-refractivity contribution in [3.8, 4) is 17.2 Å². The maximum absolute atomic E-state index is 12.9. The van der Waals surface area contributed by atoms with E-state index in [9.17, 15) is 24.3 Å². The van der Waals surface area contributed by atoms with Crippen molar-refractivity contribution in [2.75, 3.05) is 19.0 Å². The maximum Gasteiger partial charge on any atom is 0.343 e. The molecule has 0 aliphatic heterocycles. The van der Waals surface area contributed by atoms with E-state index in [0.717, 1.165) is 12.8 Å². The van der Waals surface area contributed by atoms with E-state index >= 15 is 0 Å². The monoisotopic (exact) mass is 658 g/mol. The van der Waals surface area contributed by atoms with E-state index in [2.05, 4.69) is 17.6 Å². The molecule has 2 amide bonds. The van der Waals surface area contributed by atoms with Crippen LogP contribution < -0.4 is 24.8 Å². The van der Waals surface area contributed by atoms with Gasteiger partial charge < -0.3 is 30.0 Å². The Morgan fingerprint density at radius 1 is 0.830 bits per heavy atom. The van der Waals surface area contributed by atoms with Crippen molar-refractivity contribution in [2.24, 2.45) is 0 Å². The number of aliphatic carboxylic acids is 1. The normalized spacial score (nSPS) is 11.3. The van der Waals surface area contributed by atoms with Crippen LogP contribution in [0.15, 0.2) is 84.2 Å². The molecule has 4 rings (SSSR count). The van der Waals surface area contributed by atoms with Crippen LogP contribution in [0.5, 0.6) is 17.2 Å². The number of methoxy groups -OCH3 is 1. The highest BCUT2D eigenvalue weighted by atomic mass is 32.1. The number of thiophene rings is 1. The average Bonchev–Trinajstić information content (AvgIpc) is 3.63. The Kier molecular flexibility index (Phi) is 12.9. The van der Waals surface area contributed by atoms with Crippen molar-refractivity contribution in [1.82, 2.24) is 5.32 Å². The fourth-order valence-corrected chi connectivity index (χ4v) is 5.27. The third-order valence-electron chi connectivity index (χ3n) is 7.23. The molecule has 47 heavy (non-hydrogen) atoms. The molecule has 10 nitrogen and oxygen atoms in total. The molecule has 0 aliphatic rings. The van der Waals surface area contributed by atoms with Crippen molar-refractivity contribution in [3.05, 3.63) is 106 Å². The number of carboxylic acids is 1. The molecular weight excluding hydrogens is 620 g/mol. The van der Waals surface area contributed by atoms with Gasteiger partial charge in [0.2, 0.25) is 0 Å². The van der Waals surface area contributed by atoms with Crippen molar-refractivity contribution in [3.63, 3.8) is 0 Å². The van der Waals surface area contributed by atoms with Gasteiger partial charge in [-0.15, -0.1) is 11.3 Å². The van der Waals surface area contributed by atoms with Crippen LogP contribution >= 0.6 is 11.3 Å². The lowest BCUT2D eigenvalue weighted by Gasteiger charge is -2.16. The average molecular weight is 659 g/mol. The lowest BCUT2D eigenvalue weighted by molar-refractivity contribution is -0.139. The minimum atomic E-state index is -1.25. The summed E-state index contributed by atoms with van der Waals surface area (Å²) in [6, 6.07) is 19.8. The van der Waals surface area contributed by atoms with E-state index in [1.165, 1.54) is 55.9 Å². The van der Waals surface area contributed by atoms with Crippen LogP contribution in [0.1, 0.15) is 75.0 Å². The Morgan fingerprint density at radius 2 is 1.55 bits per heavy atom. The number of nitrogens with one attached hydrogen (secondary N) is 2. The molecule has 0 aliphatic carbocycles. The van der Waals surface area contributed by atoms with Crippen molar-refractivity contribution in [1.29, 1.82) is 0 Å². The molecule has 0 saturated carbocycles. The summed E-state index contributed by atoms with van der Waals surface area (Å²) in [5.41, 5.74) is 1.60. The summed E-state index contributed by atoms with van der Waals surface area (Å²) in [4.78, 5) is 50.6. The summed E-state index contributed by atoms with van der Waals surface area (Å²) in [5, 5.41) is 16.9. The van der Waals surface area contributed by atoms with Gasteiger partial charge in [0.05, 0.1) is 24.2 Å². The Bertz CT molecular complexity index is 1640. The highest BCUT2D eigenvalue weighted by Crippen LogP contribution is 2.30. The largest absolute Gasteiger partial charge is 0.494 e. The number of esters is 1. The zero-order chi connectivity index (χ0) is 33.6. The molecule has 4 aromatic rings. The predicted octanol–water partition coefficient (Wildman–Crippen LogP) is 7.00. The minimum Gasteiger partial charge on any atom is -0.494 e. The molecule has 3 N–H and O–H groups in total. The summed E-state index contributed by atoms with van der Waals surface area (Å²) < 4.78 is 16.7. The molecule has 3 aromatic carbocycles. The van der Waals surface area contributed by atoms with Crippen LogP contribution in [0.3, 0.4) is 0 Å². The first-order valence-corrected chi connectivity index (χ1v) is 16.3. The summed E-state index contributed by atoms with van der Waals surface area (Å²) in [5.74, 6) is -1.59. The minimum absolute atomic E-state index is 0.0549. The van der Waals surface area contributed by atoms with Crippen molar-refractivity contribution < 1.29 is 38.5 Å². The summed E-state index contributed by atoms with van der Waals surface area (Å²) in [6.07, 6.45) is 5.66. The van der Waals surface area contributed by atoms with Crippen LogP contribution in [0.25, 0.3) is 0 Å². The number of carboxylic acid groups (broad SMARTS) is 1. The lowest BCUT2D eigenvalue weighted by Crippen LogP contribution is -2.42. The third-order valence-corrected chi connectivity index (χ3v) is 8.10. The summed E-state index contributed by atoms with van der Waals surface area (Å²) in [7, 11) is 1.41. The van der Waals surface area contributed by atoms with Gasteiger partial charge in [-0.05, 0) is 84.1 Å². The molecule has 1 aromatic heterocycles. The number of benzene rings is 3. The van der Waals surface area contributed by atoms with Gasteiger partial charge in [-0.3, -0.25) is 9.59 Å². The van der Waals surface area contributed by atoms with Crippen LogP contribution in [0.4, 0.5) is 5.69 Å². The topological polar surface area (TPSA) is 140 Å². The van der Waals surface area contributed by atoms with Gasteiger partial charge in [-0.2, -0.15) is 0 Å². The number of amides is 2. The zero-order valence-electron chi connectivity index (χ0n) is 26.3. The van der Waals surface area contributed by atoms with Gasteiger partial charge in [0, 0.05) is 17.7 Å². The molecule has 1 atom stereocenters. The molecule has 1 heterocycles. The molecule has 0 spiro atoms. The van der Waals surface area contributed by atoms with Gasteiger partial charge in [0.15, 0.2) is 11.5 Å². The molecule has 11 heteroatoms. The summed E-state index contributed by atoms with van der Waals surface area (Å²) >= 11 is 1.31. The fourth-order valence-electron chi connectivity index (χ4n) is 4.65. The zero-order valence-corrected chi connectivity index (χ0v) is 27.1. The number of unbranched alkanes of at least 4 members (excludes halogenated alkanes) is 4. The second-order valence-electron chi connectivity index (χ2n) is 10.7. The van der Waals surface area contributed by atoms with Crippen molar-refractivity contribution >= 4 is 40.8 Å². The first-order chi connectivity index (χ1) is 22.8. The van der Waals surface area contributed by atoms with Gasteiger partial charge in [0.1, 0.15) is 11.8 Å². The number of ether oxygens (including phenoxy) is 3. The maximum atomic E-state index is 12.9. The smallest absolute Gasteiger partial charge is 0.343 e. The van der Waals surface area contributed by atoms with Crippen LogP contribution in [-0.4, -0.2) is 48.6 Å². The van der Waals surface area contributed by atoms with Crippen molar-refractivity contribution in [2.45, 2.75) is 51.5 Å².